The predicted octanol–water partition coefficient (Wildman–Crippen LogP) is 2.36. The molecule has 1 heterocycles. The van der Waals surface area contributed by atoms with Gasteiger partial charge in [0.25, 0.3) is 11.5 Å². The Hall–Kier alpha value is -2.90. The minimum Gasteiger partial charge on any atom is -0.302 e. The molecule has 3 rings (SSSR count). The zero-order valence-electron chi connectivity index (χ0n) is 19.9. The Morgan fingerprint density at radius 3 is 2.58 bits per heavy atom. The van der Waals surface area contributed by atoms with Crippen molar-refractivity contribution >= 4 is 39.1 Å². The fraction of sp³-hybridized carbons (Fsp3) is 0.348. The van der Waals surface area contributed by atoms with Crippen molar-refractivity contribution in [2.24, 2.45) is 0 Å². The minimum absolute atomic E-state index is 0. The number of carbonyl (C=O) groups excluding carboxylic acids is 1. The largest absolute Gasteiger partial charge is 0.302 e. The van der Waals surface area contributed by atoms with Crippen LogP contribution in [0.25, 0.3) is 22.0 Å². The third kappa shape index (κ3) is 6.08. The Kier molecular flexibility index (Phi) is 9.69. The highest BCUT2D eigenvalue weighted by Gasteiger charge is 2.43. The van der Waals surface area contributed by atoms with E-state index in [1.165, 1.54) is 35.4 Å². The average molecular weight is 543 g/mol. The summed E-state index contributed by atoms with van der Waals surface area (Å²) in [6.07, 6.45) is 1.86. The zero-order chi connectivity index (χ0) is 25.8. The molecule has 0 spiro atoms. The Bertz CT molecular complexity index is 1420. The monoisotopic (exact) mass is 542 g/mol. The molecule has 1 aromatic heterocycles. The topological polar surface area (TPSA) is 140 Å². The molecular weight excluding hydrogens is 515 g/mol. The molecule has 0 aliphatic carbocycles. The van der Waals surface area contributed by atoms with Gasteiger partial charge in [-0.1, -0.05) is 18.2 Å². The highest BCUT2D eigenvalue weighted by atomic mass is 35.5. The maximum Gasteiger partial charge on any atom is 0.264 e. The van der Waals surface area contributed by atoms with Crippen LogP contribution in [0.3, 0.4) is 0 Å². The fourth-order valence-corrected chi connectivity index (χ4v) is 4.39. The average Bonchev–Trinajstić information content (AvgIpc) is 2.82. The highest BCUT2D eigenvalue weighted by molar-refractivity contribution is 7.92. The number of nitrogens with zero attached hydrogens (tertiary/aromatic N) is 2. The number of benzene rings is 2. The lowest BCUT2D eigenvalue weighted by Gasteiger charge is -2.25. The summed E-state index contributed by atoms with van der Waals surface area (Å²) >= 11 is 0. The van der Waals surface area contributed by atoms with E-state index in [4.69, 9.17) is 10.0 Å². The molecule has 1 unspecified atom stereocenters. The summed E-state index contributed by atoms with van der Waals surface area (Å²) < 4.78 is 38.3. The van der Waals surface area contributed by atoms with Gasteiger partial charge in [-0.2, -0.15) is 5.48 Å². The van der Waals surface area contributed by atoms with Crippen LogP contribution in [0, 0.1) is 5.82 Å². The Labute approximate surface area is 213 Å². The molecule has 10 nitrogen and oxygen atoms in total. The molecule has 0 aliphatic rings. The van der Waals surface area contributed by atoms with Gasteiger partial charge in [0.05, 0.1) is 23.8 Å². The molecule has 36 heavy (non-hydrogen) atoms. The third-order valence-corrected chi connectivity index (χ3v) is 7.95. The number of hydrogen-bond acceptors (Lipinski definition) is 8. The summed E-state index contributed by atoms with van der Waals surface area (Å²) in [4.78, 5) is 34.3. The van der Waals surface area contributed by atoms with Crippen molar-refractivity contribution in [3.8, 4) is 11.1 Å². The molecule has 0 radical (unpaired) electrons. The Morgan fingerprint density at radius 1 is 1.25 bits per heavy atom. The molecule has 0 bridgehead atoms. The number of nitrogens with one attached hydrogen (secondary N) is 2. The summed E-state index contributed by atoms with van der Waals surface area (Å²) in [5.74, 6) is -1.52. The molecule has 3 N–H and O–H groups in total. The van der Waals surface area contributed by atoms with Gasteiger partial charge >= 0.3 is 0 Å². The first-order chi connectivity index (χ1) is 16.5. The number of aryl methyl sites for hydroxylation is 1. The highest BCUT2D eigenvalue weighted by Crippen LogP contribution is 2.26. The first-order valence-corrected chi connectivity index (χ1v) is 12.7. The van der Waals surface area contributed by atoms with E-state index in [9.17, 15) is 22.4 Å². The van der Waals surface area contributed by atoms with Crippen LogP contribution in [0.5, 0.6) is 0 Å². The van der Waals surface area contributed by atoms with Gasteiger partial charge in [-0.25, -0.2) is 23.3 Å². The smallest absolute Gasteiger partial charge is 0.264 e. The second-order valence-corrected chi connectivity index (χ2v) is 10.7. The van der Waals surface area contributed by atoms with Crippen molar-refractivity contribution in [2.75, 3.05) is 12.9 Å². The van der Waals surface area contributed by atoms with Gasteiger partial charge in [0.15, 0.2) is 14.6 Å². The third-order valence-electron chi connectivity index (χ3n) is 5.92. The maximum absolute atomic E-state index is 14.7. The van der Waals surface area contributed by atoms with Gasteiger partial charge in [0, 0.05) is 24.9 Å². The van der Waals surface area contributed by atoms with Crippen LogP contribution in [-0.2, 0) is 32.6 Å². The summed E-state index contributed by atoms with van der Waals surface area (Å²) in [6.45, 7) is 3.71. The molecule has 1 atom stereocenters. The SMILES string of the molecule is CCONCc1ccc(-c2ccc3c(=O)n(CCC(C)(C(=O)NO)S(C)(=O)=O)cnc3c2)c(F)c1.Cl. The molecule has 196 valence electrons. The fourth-order valence-electron chi connectivity index (χ4n) is 3.54. The molecule has 0 fully saturated rings. The van der Waals surface area contributed by atoms with Gasteiger partial charge in [-0.15, -0.1) is 12.4 Å². The normalized spacial score (nSPS) is 13.1. The second-order valence-electron chi connectivity index (χ2n) is 8.24. The number of carbonyl (C=O) groups is 1. The van der Waals surface area contributed by atoms with Crippen molar-refractivity contribution < 1.29 is 27.6 Å². The molecule has 1 amide bonds. The summed E-state index contributed by atoms with van der Waals surface area (Å²) in [5, 5.41) is 9.20. The lowest BCUT2D eigenvalue weighted by atomic mass is 10.0. The number of halogens is 2. The summed E-state index contributed by atoms with van der Waals surface area (Å²) in [5.41, 5.74) is 5.58. The number of fused-ring (bicyclic) bond motifs is 1. The quantitative estimate of drug-likeness (QED) is 0.201. The zero-order valence-corrected chi connectivity index (χ0v) is 21.6. The number of rotatable bonds is 10. The Morgan fingerprint density at radius 2 is 1.97 bits per heavy atom. The first kappa shape index (κ1) is 29.3. The van der Waals surface area contributed by atoms with Gasteiger partial charge < -0.3 is 4.84 Å². The van der Waals surface area contributed by atoms with Crippen molar-refractivity contribution in [1.82, 2.24) is 20.5 Å². The van der Waals surface area contributed by atoms with Crippen LogP contribution in [0.2, 0.25) is 0 Å². The molecule has 2 aromatic carbocycles. The van der Waals surface area contributed by atoms with Crippen LogP contribution in [0.15, 0.2) is 47.5 Å². The van der Waals surface area contributed by atoms with Crippen molar-refractivity contribution in [1.29, 1.82) is 0 Å². The van der Waals surface area contributed by atoms with E-state index in [0.717, 1.165) is 6.26 Å². The van der Waals surface area contributed by atoms with E-state index in [1.54, 1.807) is 24.3 Å². The molecule has 3 aromatic rings. The minimum atomic E-state index is -3.91. The maximum atomic E-state index is 14.7. The van der Waals surface area contributed by atoms with Gasteiger partial charge in [0.2, 0.25) is 0 Å². The predicted molar refractivity (Wildman–Crippen MR) is 135 cm³/mol. The van der Waals surface area contributed by atoms with E-state index in [2.05, 4.69) is 10.5 Å². The van der Waals surface area contributed by atoms with E-state index in [1.807, 2.05) is 6.92 Å². The second kappa shape index (κ2) is 11.9. The van der Waals surface area contributed by atoms with E-state index >= 15 is 0 Å². The van der Waals surface area contributed by atoms with Gasteiger partial charge in [0.1, 0.15) is 5.82 Å². The molecule has 0 saturated carbocycles. The van der Waals surface area contributed by atoms with Crippen molar-refractivity contribution in [2.45, 2.75) is 38.1 Å². The van der Waals surface area contributed by atoms with Crippen LogP contribution >= 0.6 is 12.4 Å². The number of sulfone groups is 1. The van der Waals surface area contributed by atoms with Crippen molar-refractivity contribution in [3.63, 3.8) is 0 Å². The molecule has 0 saturated heterocycles. The standard InChI is InChI=1S/C23H27FN4O6S.ClH/c1-4-34-26-13-15-5-7-17(19(24)11-15)16-6-8-18-20(12-16)25-14-28(21(18)29)10-9-23(2,22(30)27-31)35(3,32)33;/h5-8,11-12,14,26,31H,4,9-10,13H2,1-3H3,(H,27,30);1H. The Balaban J connectivity index is 0.00000456. The van der Waals surface area contributed by atoms with E-state index < -0.39 is 31.9 Å². The summed E-state index contributed by atoms with van der Waals surface area (Å²) in [6, 6.07) is 9.53. The first-order valence-electron chi connectivity index (χ1n) is 10.8. The van der Waals surface area contributed by atoms with Crippen molar-refractivity contribution in [3.05, 3.63) is 64.5 Å². The molecule has 0 aliphatic heterocycles. The van der Waals surface area contributed by atoms with E-state index in [-0.39, 0.29) is 30.8 Å². The molecule has 13 heteroatoms. The number of hydrogen-bond donors (Lipinski definition) is 3. The number of amides is 1. The van der Waals surface area contributed by atoms with Crippen LogP contribution < -0.4 is 16.5 Å². The lowest BCUT2D eigenvalue weighted by molar-refractivity contribution is -0.131. The van der Waals surface area contributed by atoms with Gasteiger partial charge in [-0.05, 0) is 49.6 Å². The summed E-state index contributed by atoms with van der Waals surface area (Å²) in [7, 11) is -3.91. The van der Waals surface area contributed by atoms with Crippen LogP contribution in [0.4, 0.5) is 4.39 Å². The molecular formula is C23H28ClFN4O6S. The van der Waals surface area contributed by atoms with Crippen LogP contribution in [-0.4, -0.2) is 46.7 Å². The lowest BCUT2D eigenvalue weighted by Crippen LogP contribution is -2.50. The number of aromatic nitrogens is 2. The number of hydroxylamine groups is 2. The van der Waals surface area contributed by atoms with E-state index in [0.29, 0.717) is 35.4 Å². The van der Waals surface area contributed by atoms with Crippen LogP contribution in [0.1, 0.15) is 25.8 Å². The van der Waals surface area contributed by atoms with Gasteiger partial charge in [-0.3, -0.25) is 19.4 Å².